The molecule has 0 aliphatic rings. The van der Waals surface area contributed by atoms with Crippen molar-refractivity contribution in [3.05, 3.63) is 28.7 Å². The van der Waals surface area contributed by atoms with Crippen molar-refractivity contribution in [2.45, 2.75) is 13.8 Å². The van der Waals surface area contributed by atoms with Gasteiger partial charge in [-0.2, -0.15) is 5.26 Å². The van der Waals surface area contributed by atoms with E-state index in [1.807, 2.05) is 38.1 Å². The summed E-state index contributed by atoms with van der Waals surface area (Å²) in [5.74, 6) is 0. The first-order valence-electron chi connectivity index (χ1n) is 4.45. The molecule has 0 aromatic heterocycles. The zero-order chi connectivity index (χ0) is 10.6. The number of para-hydroxylation sites is 1. The fourth-order valence-corrected chi connectivity index (χ4v) is 1.39. The second-order valence-corrected chi connectivity index (χ2v) is 4.68. The Hall–Kier alpha value is -1.01. The van der Waals surface area contributed by atoms with Crippen molar-refractivity contribution in [3.63, 3.8) is 0 Å². The Balaban J connectivity index is 2.64. The number of hydrogen-bond donors (Lipinski definition) is 1. The topological polar surface area (TPSA) is 35.8 Å². The third kappa shape index (κ3) is 3.04. The molecule has 0 fully saturated rings. The van der Waals surface area contributed by atoms with E-state index in [9.17, 15) is 0 Å². The molecule has 0 aliphatic heterocycles. The first-order valence-corrected chi connectivity index (χ1v) is 5.24. The van der Waals surface area contributed by atoms with Gasteiger partial charge >= 0.3 is 0 Å². The lowest BCUT2D eigenvalue weighted by atomic mass is 9.96. The average Bonchev–Trinajstić information content (AvgIpc) is 2.17. The molecule has 0 saturated heterocycles. The molecular weight excluding hydrogens is 240 g/mol. The summed E-state index contributed by atoms with van der Waals surface area (Å²) in [6, 6.07) is 10.1. The third-order valence-corrected chi connectivity index (χ3v) is 2.59. The van der Waals surface area contributed by atoms with Gasteiger partial charge in [0.2, 0.25) is 0 Å². The molecule has 1 N–H and O–H groups in total. The normalized spacial score (nSPS) is 10.7. The van der Waals surface area contributed by atoms with Crippen LogP contribution < -0.4 is 5.32 Å². The number of rotatable bonds is 3. The lowest BCUT2D eigenvalue weighted by molar-refractivity contribution is 0.529. The van der Waals surface area contributed by atoms with Gasteiger partial charge in [-0.05, 0) is 41.9 Å². The van der Waals surface area contributed by atoms with E-state index in [0.29, 0.717) is 6.54 Å². The van der Waals surface area contributed by atoms with Gasteiger partial charge in [0.25, 0.3) is 0 Å². The maximum absolute atomic E-state index is 8.84. The minimum atomic E-state index is -0.338. The molecule has 0 saturated carbocycles. The van der Waals surface area contributed by atoms with Crippen molar-refractivity contribution in [2.24, 2.45) is 5.41 Å². The number of halogens is 1. The van der Waals surface area contributed by atoms with Gasteiger partial charge in [0, 0.05) is 16.7 Å². The number of nitriles is 1. The summed E-state index contributed by atoms with van der Waals surface area (Å²) in [4.78, 5) is 0. The summed E-state index contributed by atoms with van der Waals surface area (Å²) in [5, 5.41) is 12.1. The second kappa shape index (κ2) is 4.47. The Morgan fingerprint density at radius 2 is 2.07 bits per heavy atom. The van der Waals surface area contributed by atoms with Gasteiger partial charge in [-0.3, -0.25) is 0 Å². The number of hydrogen-bond acceptors (Lipinski definition) is 2. The number of nitrogens with zero attached hydrogens (tertiary/aromatic N) is 1. The fourth-order valence-electron chi connectivity index (χ4n) is 0.960. The highest BCUT2D eigenvalue weighted by atomic mass is 79.9. The molecule has 2 nitrogen and oxygen atoms in total. The lowest BCUT2D eigenvalue weighted by Gasteiger charge is -2.17. The molecule has 0 radical (unpaired) electrons. The quantitative estimate of drug-likeness (QED) is 0.895. The molecule has 3 heteroatoms. The van der Waals surface area contributed by atoms with Gasteiger partial charge in [-0.25, -0.2) is 0 Å². The van der Waals surface area contributed by atoms with Crippen LogP contribution in [0.4, 0.5) is 5.69 Å². The van der Waals surface area contributed by atoms with Crippen LogP contribution in [0.15, 0.2) is 28.7 Å². The van der Waals surface area contributed by atoms with Crippen molar-refractivity contribution < 1.29 is 0 Å². The molecule has 0 amide bonds. The molecule has 74 valence electrons. The monoisotopic (exact) mass is 252 g/mol. The Kier molecular flexibility index (Phi) is 3.54. The maximum Gasteiger partial charge on any atom is 0.0702 e. The molecule has 1 aromatic rings. The van der Waals surface area contributed by atoms with Crippen LogP contribution >= 0.6 is 15.9 Å². The highest BCUT2D eigenvalue weighted by Gasteiger charge is 2.16. The van der Waals surface area contributed by atoms with E-state index >= 15 is 0 Å². The highest BCUT2D eigenvalue weighted by Crippen LogP contribution is 2.23. The minimum Gasteiger partial charge on any atom is -0.383 e. The first kappa shape index (κ1) is 11.1. The Labute approximate surface area is 93.1 Å². The van der Waals surface area contributed by atoms with E-state index in [0.717, 1.165) is 10.2 Å². The summed E-state index contributed by atoms with van der Waals surface area (Å²) < 4.78 is 1.02. The predicted molar refractivity (Wildman–Crippen MR) is 62.0 cm³/mol. The SMILES string of the molecule is CC(C)(C#N)CNc1ccccc1Br. The van der Waals surface area contributed by atoms with Gasteiger partial charge in [0.1, 0.15) is 0 Å². The smallest absolute Gasteiger partial charge is 0.0702 e. The van der Waals surface area contributed by atoms with Crippen LogP contribution in [0.2, 0.25) is 0 Å². The van der Waals surface area contributed by atoms with Crippen molar-refractivity contribution in [2.75, 3.05) is 11.9 Å². The summed E-state index contributed by atoms with van der Waals surface area (Å²) >= 11 is 3.44. The minimum absolute atomic E-state index is 0.338. The van der Waals surface area contributed by atoms with Crippen LogP contribution in [-0.2, 0) is 0 Å². The van der Waals surface area contributed by atoms with Crippen LogP contribution in [0.3, 0.4) is 0 Å². The van der Waals surface area contributed by atoms with Crippen molar-refractivity contribution in [1.29, 1.82) is 5.26 Å². The number of nitrogens with one attached hydrogen (secondary N) is 1. The van der Waals surface area contributed by atoms with Crippen molar-refractivity contribution >= 4 is 21.6 Å². The van der Waals surface area contributed by atoms with Crippen LogP contribution in [0.1, 0.15) is 13.8 Å². The molecule has 0 heterocycles. The second-order valence-electron chi connectivity index (χ2n) is 3.83. The van der Waals surface area contributed by atoms with Crippen LogP contribution in [0.25, 0.3) is 0 Å². The van der Waals surface area contributed by atoms with Crippen LogP contribution in [0.5, 0.6) is 0 Å². The molecule has 1 rings (SSSR count). The standard InChI is InChI=1S/C11H13BrN2/c1-11(2,7-13)8-14-10-6-4-3-5-9(10)12/h3-6,14H,8H2,1-2H3. The van der Waals surface area contributed by atoms with Gasteiger partial charge in [0.05, 0.1) is 11.5 Å². The van der Waals surface area contributed by atoms with Gasteiger partial charge in [-0.1, -0.05) is 12.1 Å². The molecule has 0 unspecified atom stereocenters. The van der Waals surface area contributed by atoms with E-state index in [2.05, 4.69) is 27.3 Å². The summed E-state index contributed by atoms with van der Waals surface area (Å²) in [5.41, 5.74) is 0.686. The van der Waals surface area contributed by atoms with E-state index in [4.69, 9.17) is 5.26 Å². The van der Waals surface area contributed by atoms with Crippen LogP contribution in [0, 0.1) is 16.7 Å². The average molecular weight is 253 g/mol. The Morgan fingerprint density at radius 3 is 2.64 bits per heavy atom. The lowest BCUT2D eigenvalue weighted by Crippen LogP contribution is -2.21. The zero-order valence-electron chi connectivity index (χ0n) is 8.34. The third-order valence-electron chi connectivity index (χ3n) is 1.90. The molecule has 0 spiro atoms. The van der Waals surface area contributed by atoms with Gasteiger partial charge < -0.3 is 5.32 Å². The van der Waals surface area contributed by atoms with Crippen LogP contribution in [-0.4, -0.2) is 6.54 Å². The van der Waals surface area contributed by atoms with E-state index in [1.54, 1.807) is 0 Å². The summed E-state index contributed by atoms with van der Waals surface area (Å²) in [6.45, 7) is 4.47. The Bertz CT molecular complexity index is 353. The molecule has 0 bridgehead atoms. The predicted octanol–water partition coefficient (Wildman–Crippen LogP) is 3.41. The van der Waals surface area contributed by atoms with E-state index < -0.39 is 0 Å². The van der Waals surface area contributed by atoms with E-state index in [1.165, 1.54) is 0 Å². The highest BCUT2D eigenvalue weighted by molar-refractivity contribution is 9.10. The van der Waals surface area contributed by atoms with Gasteiger partial charge in [-0.15, -0.1) is 0 Å². The van der Waals surface area contributed by atoms with Crippen molar-refractivity contribution in [3.8, 4) is 6.07 Å². The molecule has 1 aromatic carbocycles. The molecule has 0 atom stereocenters. The molecule has 0 aliphatic carbocycles. The van der Waals surface area contributed by atoms with Crippen molar-refractivity contribution in [1.82, 2.24) is 0 Å². The number of anilines is 1. The molecule has 14 heavy (non-hydrogen) atoms. The molecular formula is C11H13BrN2. The maximum atomic E-state index is 8.84. The number of benzene rings is 1. The van der Waals surface area contributed by atoms with E-state index in [-0.39, 0.29) is 5.41 Å². The fraction of sp³-hybridized carbons (Fsp3) is 0.364. The zero-order valence-corrected chi connectivity index (χ0v) is 9.93. The summed E-state index contributed by atoms with van der Waals surface area (Å²) in [6.07, 6.45) is 0. The first-order chi connectivity index (χ1) is 6.55. The van der Waals surface area contributed by atoms with Gasteiger partial charge in [0.15, 0.2) is 0 Å². The largest absolute Gasteiger partial charge is 0.383 e. The Morgan fingerprint density at radius 1 is 1.43 bits per heavy atom. The summed E-state index contributed by atoms with van der Waals surface area (Å²) in [7, 11) is 0.